The molecule has 1 rings (SSSR count). The van der Waals surface area contributed by atoms with Gasteiger partial charge in [0.1, 0.15) is 0 Å². The summed E-state index contributed by atoms with van der Waals surface area (Å²) in [6.07, 6.45) is 2.63. The van der Waals surface area contributed by atoms with Crippen molar-refractivity contribution < 1.29 is 9.53 Å². The summed E-state index contributed by atoms with van der Waals surface area (Å²) in [6, 6.07) is 0. The summed E-state index contributed by atoms with van der Waals surface area (Å²) in [6.45, 7) is 9.50. The number of aliphatic imine (C=N–C) groups is 1. The van der Waals surface area contributed by atoms with Gasteiger partial charge in [-0.2, -0.15) is 0 Å². The molecular formula is C14H29IN4O2. The van der Waals surface area contributed by atoms with Crippen LogP contribution in [0.25, 0.3) is 0 Å². The third-order valence-electron chi connectivity index (χ3n) is 3.11. The number of hydrogen-bond acceptors (Lipinski definition) is 3. The summed E-state index contributed by atoms with van der Waals surface area (Å²) in [5.41, 5.74) is 0. The second-order valence-corrected chi connectivity index (χ2v) is 4.72. The second-order valence-electron chi connectivity index (χ2n) is 4.72. The van der Waals surface area contributed by atoms with E-state index in [2.05, 4.69) is 15.6 Å². The Morgan fingerprint density at radius 2 is 2.19 bits per heavy atom. The normalized spacial score (nSPS) is 15.0. The molecule has 1 fully saturated rings. The molecule has 0 aromatic carbocycles. The molecule has 0 bridgehead atoms. The van der Waals surface area contributed by atoms with Gasteiger partial charge >= 0.3 is 0 Å². The van der Waals surface area contributed by atoms with Gasteiger partial charge in [0.25, 0.3) is 0 Å². The third-order valence-corrected chi connectivity index (χ3v) is 3.11. The van der Waals surface area contributed by atoms with Crippen molar-refractivity contribution in [2.24, 2.45) is 4.99 Å². The fourth-order valence-corrected chi connectivity index (χ4v) is 2.12. The third kappa shape index (κ3) is 9.13. The van der Waals surface area contributed by atoms with E-state index in [9.17, 15) is 4.79 Å². The first kappa shape index (κ1) is 20.4. The number of hydrogen-bond donors (Lipinski definition) is 2. The van der Waals surface area contributed by atoms with Crippen LogP contribution in [0.15, 0.2) is 4.99 Å². The molecule has 0 saturated carbocycles. The second kappa shape index (κ2) is 13.1. The van der Waals surface area contributed by atoms with Gasteiger partial charge in [-0.05, 0) is 26.7 Å². The van der Waals surface area contributed by atoms with Crippen molar-refractivity contribution in [1.82, 2.24) is 15.5 Å². The van der Waals surface area contributed by atoms with Gasteiger partial charge in [-0.25, -0.2) is 0 Å². The molecular weight excluding hydrogens is 383 g/mol. The number of ether oxygens (including phenoxy) is 1. The van der Waals surface area contributed by atoms with E-state index in [0.29, 0.717) is 13.0 Å². The zero-order valence-corrected chi connectivity index (χ0v) is 15.5. The fraction of sp³-hybridized carbons (Fsp3) is 0.857. The van der Waals surface area contributed by atoms with Crippen LogP contribution in [-0.2, 0) is 9.53 Å². The van der Waals surface area contributed by atoms with Crippen molar-refractivity contribution >= 4 is 35.8 Å². The average Bonchev–Trinajstić information content (AvgIpc) is 2.85. The summed E-state index contributed by atoms with van der Waals surface area (Å²) in [5.74, 6) is 1.11. The van der Waals surface area contributed by atoms with Gasteiger partial charge in [-0.3, -0.25) is 9.79 Å². The highest BCUT2D eigenvalue weighted by molar-refractivity contribution is 14.0. The van der Waals surface area contributed by atoms with Crippen LogP contribution in [0.1, 0.15) is 33.1 Å². The van der Waals surface area contributed by atoms with Gasteiger partial charge < -0.3 is 20.3 Å². The Hall–Kier alpha value is -0.570. The number of amides is 1. The first-order valence-electron chi connectivity index (χ1n) is 7.65. The highest BCUT2D eigenvalue weighted by Gasteiger charge is 2.18. The van der Waals surface area contributed by atoms with Gasteiger partial charge in [-0.1, -0.05) is 0 Å². The van der Waals surface area contributed by atoms with E-state index in [4.69, 9.17) is 4.74 Å². The molecule has 1 heterocycles. The molecule has 21 heavy (non-hydrogen) atoms. The van der Waals surface area contributed by atoms with E-state index in [1.54, 1.807) is 0 Å². The molecule has 1 aliphatic rings. The summed E-state index contributed by atoms with van der Waals surface area (Å²) < 4.78 is 5.28. The number of nitrogens with one attached hydrogen (secondary N) is 2. The fourth-order valence-electron chi connectivity index (χ4n) is 2.12. The molecule has 0 spiro atoms. The number of halogens is 1. The minimum absolute atomic E-state index is 0. The molecule has 6 nitrogen and oxygen atoms in total. The Labute approximate surface area is 145 Å². The lowest BCUT2D eigenvalue weighted by atomic mass is 10.4. The molecule has 124 valence electrons. The smallest absolute Gasteiger partial charge is 0.222 e. The van der Waals surface area contributed by atoms with Crippen LogP contribution in [0.5, 0.6) is 0 Å². The van der Waals surface area contributed by atoms with Crippen LogP contribution in [0.4, 0.5) is 0 Å². The molecule has 0 radical (unpaired) electrons. The minimum atomic E-state index is 0. The molecule has 0 atom stereocenters. The average molecular weight is 412 g/mol. The van der Waals surface area contributed by atoms with E-state index in [1.807, 2.05) is 18.7 Å². The van der Waals surface area contributed by atoms with Crippen LogP contribution in [-0.4, -0.2) is 62.7 Å². The van der Waals surface area contributed by atoms with E-state index >= 15 is 0 Å². The van der Waals surface area contributed by atoms with Gasteiger partial charge in [0.05, 0.1) is 6.61 Å². The molecule has 0 aliphatic carbocycles. The molecule has 1 saturated heterocycles. The van der Waals surface area contributed by atoms with Crippen LogP contribution in [0.3, 0.4) is 0 Å². The van der Waals surface area contributed by atoms with Crippen molar-refractivity contribution in [2.45, 2.75) is 33.1 Å². The van der Waals surface area contributed by atoms with E-state index in [1.165, 1.54) is 0 Å². The van der Waals surface area contributed by atoms with Gasteiger partial charge in [-0.15, -0.1) is 24.0 Å². The largest absolute Gasteiger partial charge is 0.380 e. The lowest BCUT2D eigenvalue weighted by Gasteiger charge is -2.15. The molecule has 0 unspecified atom stereocenters. The van der Waals surface area contributed by atoms with E-state index in [0.717, 1.165) is 58.1 Å². The standard InChI is InChI=1S/C14H28N4O2.HI/c1-3-15-14(17-9-12-20-4-2)16-8-6-11-18-10-5-7-13(18)19;/h3-12H2,1-2H3,(H2,15,16,17);1H. The Kier molecular flexibility index (Phi) is 12.8. The van der Waals surface area contributed by atoms with Gasteiger partial charge in [0, 0.05) is 45.8 Å². The number of carbonyl (C=O) groups is 1. The summed E-state index contributed by atoms with van der Waals surface area (Å²) in [4.78, 5) is 17.9. The molecule has 0 aromatic rings. The van der Waals surface area contributed by atoms with Crippen LogP contribution in [0.2, 0.25) is 0 Å². The maximum absolute atomic E-state index is 11.5. The number of likely N-dealkylation sites (tertiary alicyclic amines) is 1. The highest BCUT2D eigenvalue weighted by Crippen LogP contribution is 2.09. The zero-order chi connectivity index (χ0) is 14.6. The minimum Gasteiger partial charge on any atom is -0.380 e. The molecule has 2 N–H and O–H groups in total. The topological polar surface area (TPSA) is 66.0 Å². The Morgan fingerprint density at radius 1 is 1.38 bits per heavy atom. The Balaban J connectivity index is 0.00000400. The quantitative estimate of drug-likeness (QED) is 0.259. The highest BCUT2D eigenvalue weighted by atomic mass is 127. The summed E-state index contributed by atoms with van der Waals surface area (Å²) in [5, 5.41) is 6.43. The van der Waals surface area contributed by atoms with Crippen molar-refractivity contribution in [3.05, 3.63) is 0 Å². The zero-order valence-electron chi connectivity index (χ0n) is 13.2. The Morgan fingerprint density at radius 3 is 2.81 bits per heavy atom. The Bertz CT molecular complexity index is 313. The van der Waals surface area contributed by atoms with Crippen molar-refractivity contribution in [1.29, 1.82) is 0 Å². The van der Waals surface area contributed by atoms with Gasteiger partial charge in [0.2, 0.25) is 5.91 Å². The molecule has 1 amide bonds. The van der Waals surface area contributed by atoms with Gasteiger partial charge in [0.15, 0.2) is 5.96 Å². The maximum atomic E-state index is 11.5. The number of nitrogens with zero attached hydrogens (tertiary/aromatic N) is 2. The number of guanidine groups is 1. The first-order valence-corrected chi connectivity index (χ1v) is 7.65. The van der Waals surface area contributed by atoms with E-state index in [-0.39, 0.29) is 29.9 Å². The SMILES string of the molecule is CCNC(=NCCCN1CCCC1=O)NCCOCC.I. The molecule has 7 heteroatoms. The maximum Gasteiger partial charge on any atom is 0.222 e. The first-order chi connectivity index (χ1) is 9.77. The van der Waals surface area contributed by atoms with Crippen LogP contribution >= 0.6 is 24.0 Å². The van der Waals surface area contributed by atoms with Crippen molar-refractivity contribution in [2.75, 3.05) is 45.9 Å². The monoisotopic (exact) mass is 412 g/mol. The molecule has 0 aromatic heterocycles. The van der Waals surface area contributed by atoms with Crippen LogP contribution in [0, 0.1) is 0 Å². The summed E-state index contributed by atoms with van der Waals surface area (Å²) >= 11 is 0. The predicted octanol–water partition coefficient (Wildman–Crippen LogP) is 1.21. The van der Waals surface area contributed by atoms with Crippen LogP contribution < -0.4 is 10.6 Å². The lowest BCUT2D eigenvalue weighted by molar-refractivity contribution is -0.127. The lowest BCUT2D eigenvalue weighted by Crippen LogP contribution is -2.39. The predicted molar refractivity (Wildman–Crippen MR) is 96.3 cm³/mol. The summed E-state index contributed by atoms with van der Waals surface area (Å²) in [7, 11) is 0. The molecule has 1 aliphatic heterocycles. The van der Waals surface area contributed by atoms with Crippen molar-refractivity contribution in [3.8, 4) is 0 Å². The van der Waals surface area contributed by atoms with Crippen molar-refractivity contribution in [3.63, 3.8) is 0 Å². The van der Waals surface area contributed by atoms with E-state index < -0.39 is 0 Å². The number of rotatable bonds is 9. The number of carbonyl (C=O) groups excluding carboxylic acids is 1.